The molecule has 0 heterocycles. The van der Waals surface area contributed by atoms with Crippen LogP contribution in [0.1, 0.15) is 69.9 Å². The molecule has 1 saturated carbocycles. The molecule has 0 aliphatic heterocycles. The van der Waals surface area contributed by atoms with Gasteiger partial charge in [0.25, 0.3) is 0 Å². The lowest BCUT2D eigenvalue weighted by atomic mass is 9.82. The summed E-state index contributed by atoms with van der Waals surface area (Å²) < 4.78 is 0. The lowest BCUT2D eigenvalue weighted by Gasteiger charge is -2.39. The lowest BCUT2D eigenvalue weighted by Crippen LogP contribution is -2.46. The Balaban J connectivity index is 1.85. The van der Waals surface area contributed by atoms with Crippen LogP contribution >= 0.6 is 0 Å². The van der Waals surface area contributed by atoms with E-state index < -0.39 is 12.2 Å². The van der Waals surface area contributed by atoms with E-state index in [-0.39, 0.29) is 12.0 Å². The molecular formula is C28H41NO2. The van der Waals surface area contributed by atoms with Crippen LogP contribution in [0.2, 0.25) is 0 Å². The number of aliphatic hydroxyl groups is 2. The summed E-state index contributed by atoms with van der Waals surface area (Å²) in [4.78, 5) is 2.46. The van der Waals surface area contributed by atoms with Gasteiger partial charge >= 0.3 is 0 Å². The molecule has 1 fully saturated rings. The van der Waals surface area contributed by atoms with Gasteiger partial charge < -0.3 is 10.2 Å². The maximum Gasteiger partial charge on any atom is 0.0720 e. The average Bonchev–Trinajstić information content (AvgIpc) is 2.79. The first-order valence-electron chi connectivity index (χ1n) is 12.2. The van der Waals surface area contributed by atoms with E-state index in [2.05, 4.69) is 65.6 Å². The third-order valence-electron chi connectivity index (χ3n) is 6.92. The third kappa shape index (κ3) is 7.75. The molecule has 3 rings (SSSR count). The first-order chi connectivity index (χ1) is 15.0. The van der Waals surface area contributed by atoms with Gasteiger partial charge in [-0.15, -0.1) is 0 Å². The highest BCUT2D eigenvalue weighted by Gasteiger charge is 2.31. The Morgan fingerprint density at radius 1 is 0.774 bits per heavy atom. The Morgan fingerprint density at radius 3 is 1.77 bits per heavy atom. The number of rotatable bonds is 11. The van der Waals surface area contributed by atoms with Gasteiger partial charge in [-0.2, -0.15) is 0 Å². The molecule has 170 valence electrons. The number of hydrogen-bond donors (Lipinski definition) is 2. The predicted octanol–water partition coefficient (Wildman–Crippen LogP) is 5.80. The molecule has 1 aliphatic carbocycles. The number of aliphatic hydroxyl groups excluding tert-OH is 2. The molecular weight excluding hydrogens is 382 g/mol. The van der Waals surface area contributed by atoms with Gasteiger partial charge in [0.1, 0.15) is 0 Å². The van der Waals surface area contributed by atoms with Gasteiger partial charge in [0.2, 0.25) is 0 Å². The van der Waals surface area contributed by atoms with Gasteiger partial charge in [-0.1, -0.05) is 107 Å². The van der Waals surface area contributed by atoms with Crippen molar-refractivity contribution < 1.29 is 10.2 Å². The van der Waals surface area contributed by atoms with E-state index in [1.807, 2.05) is 13.8 Å². The molecule has 0 radical (unpaired) electrons. The van der Waals surface area contributed by atoms with Crippen LogP contribution in [-0.2, 0) is 13.1 Å². The van der Waals surface area contributed by atoms with Crippen LogP contribution in [0, 0.1) is 11.8 Å². The van der Waals surface area contributed by atoms with E-state index in [4.69, 9.17) is 0 Å². The van der Waals surface area contributed by atoms with Gasteiger partial charge in [-0.3, -0.25) is 4.90 Å². The lowest BCUT2D eigenvalue weighted by molar-refractivity contribution is -0.0162. The van der Waals surface area contributed by atoms with Crippen molar-refractivity contribution in [1.82, 2.24) is 4.90 Å². The van der Waals surface area contributed by atoms with E-state index in [0.717, 1.165) is 19.5 Å². The standard InChI is InChI=1S/C28H41NO2/c1-22(2)27(30)19-28(31)26(18-23-12-6-3-7-13-23)29(20-24-14-8-4-9-15-24)21-25-16-10-5-11-17-25/h4-5,8-11,14-17,22-23,26-28,30-31H,3,6-7,12-13,18-21H2,1-2H3/t26-,27?,28-/m0/s1. The zero-order chi connectivity index (χ0) is 22.1. The topological polar surface area (TPSA) is 43.7 Å². The summed E-state index contributed by atoms with van der Waals surface area (Å²) in [5.41, 5.74) is 2.53. The van der Waals surface area contributed by atoms with Crippen LogP contribution in [0.25, 0.3) is 0 Å². The summed E-state index contributed by atoms with van der Waals surface area (Å²) in [7, 11) is 0. The second-order valence-electron chi connectivity index (χ2n) is 9.80. The largest absolute Gasteiger partial charge is 0.393 e. The smallest absolute Gasteiger partial charge is 0.0720 e. The van der Waals surface area contributed by atoms with Gasteiger partial charge in [-0.05, 0) is 29.4 Å². The van der Waals surface area contributed by atoms with Crippen molar-refractivity contribution in [3.63, 3.8) is 0 Å². The Bertz CT molecular complexity index is 686. The quantitative estimate of drug-likeness (QED) is 0.480. The van der Waals surface area contributed by atoms with Crippen LogP contribution in [0.15, 0.2) is 60.7 Å². The molecule has 0 spiro atoms. The zero-order valence-corrected chi connectivity index (χ0v) is 19.4. The van der Waals surface area contributed by atoms with Crippen LogP contribution < -0.4 is 0 Å². The van der Waals surface area contributed by atoms with E-state index in [1.54, 1.807) is 0 Å². The molecule has 1 aliphatic rings. The van der Waals surface area contributed by atoms with Crippen molar-refractivity contribution in [3.8, 4) is 0 Å². The molecule has 31 heavy (non-hydrogen) atoms. The Kier molecular flexibility index (Phi) is 9.57. The maximum atomic E-state index is 11.4. The fraction of sp³-hybridized carbons (Fsp3) is 0.571. The summed E-state index contributed by atoms with van der Waals surface area (Å²) in [6.45, 7) is 5.67. The van der Waals surface area contributed by atoms with Crippen LogP contribution in [0.3, 0.4) is 0 Å². The van der Waals surface area contributed by atoms with E-state index in [9.17, 15) is 10.2 Å². The number of hydrogen-bond acceptors (Lipinski definition) is 3. The number of nitrogens with zero attached hydrogens (tertiary/aromatic N) is 1. The maximum absolute atomic E-state index is 11.4. The highest BCUT2D eigenvalue weighted by Crippen LogP contribution is 2.32. The van der Waals surface area contributed by atoms with E-state index >= 15 is 0 Å². The van der Waals surface area contributed by atoms with Crippen molar-refractivity contribution in [2.24, 2.45) is 11.8 Å². The SMILES string of the molecule is CC(C)C(O)C[C@H](O)[C@H](CC1CCCCC1)N(Cc1ccccc1)Cc1ccccc1. The zero-order valence-electron chi connectivity index (χ0n) is 19.4. The molecule has 3 atom stereocenters. The van der Waals surface area contributed by atoms with E-state index in [1.165, 1.54) is 43.2 Å². The van der Waals surface area contributed by atoms with E-state index in [0.29, 0.717) is 12.3 Å². The van der Waals surface area contributed by atoms with Crippen LogP contribution in [0.5, 0.6) is 0 Å². The highest BCUT2D eigenvalue weighted by atomic mass is 16.3. The molecule has 2 aromatic carbocycles. The Labute approximate surface area is 189 Å². The Hall–Kier alpha value is -1.68. The molecule has 0 saturated heterocycles. The second-order valence-corrected chi connectivity index (χ2v) is 9.80. The summed E-state index contributed by atoms with van der Waals surface area (Å²) >= 11 is 0. The summed E-state index contributed by atoms with van der Waals surface area (Å²) in [5, 5.41) is 21.9. The molecule has 0 aromatic heterocycles. The molecule has 2 aromatic rings. The first kappa shape index (κ1) is 24.0. The van der Waals surface area contributed by atoms with Gasteiger partial charge in [-0.25, -0.2) is 0 Å². The Morgan fingerprint density at radius 2 is 1.29 bits per heavy atom. The monoisotopic (exact) mass is 423 g/mol. The molecule has 1 unspecified atom stereocenters. The summed E-state index contributed by atoms with van der Waals surface area (Å²) in [6, 6.07) is 21.2. The molecule has 3 heteroatoms. The molecule has 0 amide bonds. The predicted molar refractivity (Wildman–Crippen MR) is 129 cm³/mol. The minimum Gasteiger partial charge on any atom is -0.393 e. The fourth-order valence-electron chi connectivity index (χ4n) is 4.92. The van der Waals surface area contributed by atoms with Crippen molar-refractivity contribution in [3.05, 3.63) is 71.8 Å². The first-order valence-corrected chi connectivity index (χ1v) is 12.2. The minimum absolute atomic E-state index is 0.0388. The molecule has 2 N–H and O–H groups in total. The summed E-state index contributed by atoms with van der Waals surface area (Å²) in [5.74, 6) is 0.820. The van der Waals surface area contributed by atoms with Crippen molar-refractivity contribution in [2.75, 3.05) is 0 Å². The molecule has 0 bridgehead atoms. The number of benzene rings is 2. The van der Waals surface area contributed by atoms with Gasteiger partial charge in [0.15, 0.2) is 0 Å². The minimum atomic E-state index is -0.535. The van der Waals surface area contributed by atoms with Crippen molar-refractivity contribution in [1.29, 1.82) is 0 Å². The molecule has 3 nitrogen and oxygen atoms in total. The highest BCUT2D eigenvalue weighted by molar-refractivity contribution is 5.17. The van der Waals surface area contributed by atoms with Crippen LogP contribution in [0.4, 0.5) is 0 Å². The second kappa shape index (κ2) is 12.4. The third-order valence-corrected chi connectivity index (χ3v) is 6.92. The van der Waals surface area contributed by atoms with Gasteiger partial charge in [0.05, 0.1) is 12.2 Å². The normalized spacial score (nSPS) is 18.3. The van der Waals surface area contributed by atoms with Crippen LogP contribution in [-0.4, -0.2) is 33.4 Å². The van der Waals surface area contributed by atoms with Gasteiger partial charge in [0, 0.05) is 25.6 Å². The van der Waals surface area contributed by atoms with Crippen molar-refractivity contribution in [2.45, 2.75) is 90.1 Å². The fourth-order valence-corrected chi connectivity index (χ4v) is 4.92. The summed E-state index contributed by atoms with van der Waals surface area (Å²) in [6.07, 6.45) is 6.92. The van der Waals surface area contributed by atoms with Crippen molar-refractivity contribution >= 4 is 0 Å². The average molecular weight is 424 g/mol.